The quantitative estimate of drug-likeness (QED) is 0.497. The van der Waals surface area contributed by atoms with Crippen LogP contribution in [0.4, 0.5) is 0 Å². The second-order valence-corrected chi connectivity index (χ2v) is 5.98. The minimum Gasteiger partial charge on any atom is -0.504 e. The van der Waals surface area contributed by atoms with Crippen molar-refractivity contribution in [2.24, 2.45) is 0 Å². The standard InChI is InChI=1S/C19H18O6/c1-9(2)7-8-11-15(22)19(24-3)16(23)13-14(21)10-5-4-6-12(20)17(10)25-18(11)13/h4-7,20,22-23H,8H2,1-3H3. The highest BCUT2D eigenvalue weighted by Crippen LogP contribution is 2.45. The third kappa shape index (κ3) is 2.55. The Hall–Kier alpha value is -3.15. The summed E-state index contributed by atoms with van der Waals surface area (Å²) in [7, 11) is 1.29. The second kappa shape index (κ2) is 6.05. The van der Waals surface area contributed by atoms with Gasteiger partial charge in [-0.05, 0) is 32.4 Å². The van der Waals surface area contributed by atoms with E-state index in [-0.39, 0.29) is 45.6 Å². The van der Waals surface area contributed by atoms with Crippen molar-refractivity contribution < 1.29 is 24.5 Å². The third-order valence-corrected chi connectivity index (χ3v) is 4.04. The van der Waals surface area contributed by atoms with Crippen LogP contribution in [0.25, 0.3) is 21.9 Å². The number of phenols is 3. The van der Waals surface area contributed by atoms with Gasteiger partial charge in [-0.2, -0.15) is 0 Å². The van der Waals surface area contributed by atoms with Crippen molar-refractivity contribution in [2.75, 3.05) is 7.11 Å². The van der Waals surface area contributed by atoms with E-state index < -0.39 is 11.2 Å². The molecule has 0 fully saturated rings. The number of aromatic hydroxyl groups is 3. The van der Waals surface area contributed by atoms with E-state index >= 15 is 0 Å². The normalized spacial score (nSPS) is 11.0. The van der Waals surface area contributed by atoms with E-state index in [1.165, 1.54) is 25.3 Å². The molecule has 0 spiro atoms. The molecule has 0 unspecified atom stereocenters. The highest BCUT2D eigenvalue weighted by molar-refractivity contribution is 5.99. The molecule has 3 rings (SSSR count). The molecule has 0 aliphatic rings. The molecule has 1 aromatic heterocycles. The zero-order valence-corrected chi connectivity index (χ0v) is 14.1. The lowest BCUT2D eigenvalue weighted by molar-refractivity contribution is 0.344. The van der Waals surface area contributed by atoms with Crippen molar-refractivity contribution in [1.29, 1.82) is 0 Å². The van der Waals surface area contributed by atoms with Crippen molar-refractivity contribution in [3.63, 3.8) is 0 Å². The molecule has 0 saturated heterocycles. The summed E-state index contributed by atoms with van der Waals surface area (Å²) in [5.74, 6) is -1.17. The highest BCUT2D eigenvalue weighted by Gasteiger charge is 2.24. The molecule has 1 heterocycles. The van der Waals surface area contributed by atoms with Crippen molar-refractivity contribution in [2.45, 2.75) is 20.3 Å². The van der Waals surface area contributed by atoms with Gasteiger partial charge in [0.2, 0.25) is 11.2 Å². The van der Waals surface area contributed by atoms with Crippen LogP contribution in [0, 0.1) is 0 Å². The van der Waals surface area contributed by atoms with Gasteiger partial charge in [0.15, 0.2) is 22.8 Å². The molecule has 0 amide bonds. The fourth-order valence-electron chi connectivity index (χ4n) is 2.79. The van der Waals surface area contributed by atoms with Crippen LogP contribution in [-0.4, -0.2) is 22.4 Å². The van der Waals surface area contributed by atoms with Crippen molar-refractivity contribution in [1.82, 2.24) is 0 Å². The van der Waals surface area contributed by atoms with Crippen LogP contribution in [0.5, 0.6) is 23.0 Å². The van der Waals surface area contributed by atoms with Gasteiger partial charge in [-0.15, -0.1) is 0 Å². The van der Waals surface area contributed by atoms with E-state index in [9.17, 15) is 20.1 Å². The maximum atomic E-state index is 12.8. The van der Waals surface area contributed by atoms with Crippen molar-refractivity contribution in [3.05, 3.63) is 45.6 Å². The van der Waals surface area contributed by atoms with E-state index in [1.807, 2.05) is 19.9 Å². The number of benzene rings is 2. The fourth-order valence-corrected chi connectivity index (χ4v) is 2.79. The molecule has 25 heavy (non-hydrogen) atoms. The van der Waals surface area contributed by atoms with Gasteiger partial charge in [0, 0.05) is 5.56 Å². The fraction of sp³-hybridized carbons (Fsp3) is 0.211. The lowest BCUT2D eigenvalue weighted by atomic mass is 10.0. The molecule has 130 valence electrons. The minimum absolute atomic E-state index is 0.00224. The van der Waals surface area contributed by atoms with Gasteiger partial charge in [0.1, 0.15) is 11.0 Å². The number of allylic oxidation sites excluding steroid dienone is 2. The summed E-state index contributed by atoms with van der Waals surface area (Å²) in [6.07, 6.45) is 2.11. The van der Waals surface area contributed by atoms with Gasteiger partial charge >= 0.3 is 0 Å². The summed E-state index contributed by atoms with van der Waals surface area (Å²) < 4.78 is 10.8. The Kier molecular flexibility index (Phi) is 4.04. The first kappa shape index (κ1) is 16.7. The summed E-state index contributed by atoms with van der Waals surface area (Å²) >= 11 is 0. The minimum atomic E-state index is -0.513. The number of fused-ring (bicyclic) bond motifs is 2. The lowest BCUT2D eigenvalue weighted by Crippen LogP contribution is -2.05. The van der Waals surface area contributed by atoms with Crippen LogP contribution in [0.3, 0.4) is 0 Å². The van der Waals surface area contributed by atoms with E-state index in [0.717, 1.165) is 5.57 Å². The largest absolute Gasteiger partial charge is 0.504 e. The molecule has 6 nitrogen and oxygen atoms in total. The van der Waals surface area contributed by atoms with Gasteiger partial charge in [-0.1, -0.05) is 17.7 Å². The Morgan fingerprint density at radius 3 is 2.52 bits per heavy atom. The van der Waals surface area contributed by atoms with Gasteiger partial charge in [0.05, 0.1) is 12.5 Å². The number of methoxy groups -OCH3 is 1. The summed E-state index contributed by atoms with van der Waals surface area (Å²) in [5, 5.41) is 30.9. The average molecular weight is 342 g/mol. The summed E-state index contributed by atoms with van der Waals surface area (Å²) in [6.45, 7) is 3.79. The van der Waals surface area contributed by atoms with Crippen molar-refractivity contribution in [3.8, 4) is 23.0 Å². The lowest BCUT2D eigenvalue weighted by Gasteiger charge is -2.14. The van der Waals surface area contributed by atoms with Crippen molar-refractivity contribution >= 4 is 21.9 Å². The molecule has 0 saturated carbocycles. The van der Waals surface area contributed by atoms with Crippen LogP contribution in [0.2, 0.25) is 0 Å². The topological polar surface area (TPSA) is 100 Å². The highest BCUT2D eigenvalue weighted by atomic mass is 16.5. The monoisotopic (exact) mass is 342 g/mol. The number of ether oxygens (including phenoxy) is 1. The molecule has 2 aromatic carbocycles. The zero-order valence-electron chi connectivity index (χ0n) is 14.1. The first-order valence-electron chi connectivity index (χ1n) is 7.69. The molecular formula is C19H18O6. The second-order valence-electron chi connectivity index (χ2n) is 5.98. The van der Waals surface area contributed by atoms with Crippen LogP contribution in [0.15, 0.2) is 39.1 Å². The van der Waals surface area contributed by atoms with Gasteiger partial charge in [0.25, 0.3) is 0 Å². The van der Waals surface area contributed by atoms with Crippen LogP contribution in [-0.2, 0) is 6.42 Å². The predicted octanol–water partition coefficient (Wildman–Crippen LogP) is 3.58. The predicted molar refractivity (Wildman–Crippen MR) is 94.7 cm³/mol. The molecule has 0 radical (unpaired) electrons. The Morgan fingerprint density at radius 1 is 1.16 bits per heavy atom. The van der Waals surface area contributed by atoms with E-state index in [4.69, 9.17) is 9.15 Å². The summed E-state index contributed by atoms with van der Waals surface area (Å²) in [6, 6.07) is 4.41. The molecule has 3 N–H and O–H groups in total. The summed E-state index contributed by atoms with van der Waals surface area (Å²) in [4.78, 5) is 12.8. The average Bonchev–Trinajstić information content (AvgIpc) is 2.55. The third-order valence-electron chi connectivity index (χ3n) is 4.04. The first-order chi connectivity index (χ1) is 11.9. The SMILES string of the molecule is COc1c(O)c(CC=C(C)C)c2oc3c(O)cccc3c(=O)c2c1O. The van der Waals surface area contributed by atoms with E-state index in [2.05, 4.69) is 0 Å². The summed E-state index contributed by atoms with van der Waals surface area (Å²) in [5.41, 5.74) is 0.815. The molecular weight excluding hydrogens is 324 g/mol. The molecule has 0 aliphatic carbocycles. The number of hydrogen-bond donors (Lipinski definition) is 3. The van der Waals surface area contributed by atoms with Crippen LogP contribution >= 0.6 is 0 Å². The number of para-hydroxylation sites is 1. The molecule has 0 atom stereocenters. The molecule has 0 bridgehead atoms. The molecule has 0 aliphatic heterocycles. The molecule has 3 aromatic rings. The van der Waals surface area contributed by atoms with E-state index in [1.54, 1.807) is 0 Å². The Labute approximate surface area is 143 Å². The number of rotatable bonds is 3. The molecule has 6 heteroatoms. The van der Waals surface area contributed by atoms with E-state index in [0.29, 0.717) is 5.56 Å². The zero-order chi connectivity index (χ0) is 18.3. The number of hydrogen-bond acceptors (Lipinski definition) is 6. The van der Waals surface area contributed by atoms with Crippen LogP contribution in [0.1, 0.15) is 19.4 Å². The van der Waals surface area contributed by atoms with Gasteiger partial charge in [-0.25, -0.2) is 0 Å². The van der Waals surface area contributed by atoms with Gasteiger partial charge in [-0.3, -0.25) is 4.79 Å². The maximum absolute atomic E-state index is 12.8. The van der Waals surface area contributed by atoms with Crippen LogP contribution < -0.4 is 10.2 Å². The smallest absolute Gasteiger partial charge is 0.204 e. The first-order valence-corrected chi connectivity index (χ1v) is 7.69. The van der Waals surface area contributed by atoms with Gasteiger partial charge < -0.3 is 24.5 Å². The maximum Gasteiger partial charge on any atom is 0.204 e. The Balaban J connectivity index is 2.56. The Bertz CT molecular complexity index is 1070. The number of phenolic OH excluding ortho intramolecular Hbond substituents is 3. The Morgan fingerprint density at radius 2 is 1.88 bits per heavy atom.